The molecule has 5 nitrogen and oxygen atoms in total. The largest absolute Gasteiger partial charge is 0.507 e. The van der Waals surface area contributed by atoms with Crippen LogP contribution in [0.1, 0.15) is 84.4 Å². The van der Waals surface area contributed by atoms with E-state index in [2.05, 4.69) is 4.52 Å². The number of carbonyl (C=O) groups is 1. The molecule has 0 amide bonds. The Bertz CT molecular complexity index is 716. The Balaban J connectivity index is 3.50. The molecule has 0 aliphatic heterocycles. The Hall–Kier alpha value is -1.42. The molecule has 28 heavy (non-hydrogen) atoms. The van der Waals surface area contributed by atoms with Crippen molar-refractivity contribution < 1.29 is 23.9 Å². The molecule has 1 aromatic rings. The molecule has 0 radical (unpaired) electrons. The molecule has 2 N–H and O–H groups in total. The zero-order chi connectivity index (χ0) is 21.7. The van der Waals surface area contributed by atoms with Gasteiger partial charge >= 0.3 is 8.25 Å². The quantitative estimate of drug-likeness (QED) is 0.435. The number of Topliss-reactive ketones (excluding diaryl/α,β-unsaturated/α-hetero) is 1. The Kier molecular flexibility index (Phi) is 8.67. The number of carbonyl (C=O) groups excluding carboxylic acids is 1. The molecule has 0 saturated carbocycles. The van der Waals surface area contributed by atoms with Crippen molar-refractivity contribution in [1.29, 1.82) is 0 Å². The van der Waals surface area contributed by atoms with Crippen molar-refractivity contribution in [2.24, 2.45) is 0 Å². The lowest BCUT2D eigenvalue weighted by Crippen LogP contribution is -2.17. The highest BCUT2D eigenvalue weighted by Crippen LogP contribution is 2.40. The number of benzene rings is 1. The maximum atomic E-state index is 12.5. The van der Waals surface area contributed by atoms with Crippen LogP contribution in [0.2, 0.25) is 0 Å². The number of ketones is 1. The van der Waals surface area contributed by atoms with Gasteiger partial charge in [0.25, 0.3) is 0 Å². The van der Waals surface area contributed by atoms with E-state index < -0.39 is 14.9 Å². The summed E-state index contributed by atoms with van der Waals surface area (Å²) in [6.07, 6.45) is 4.15. The van der Waals surface area contributed by atoms with Crippen LogP contribution in [0.25, 0.3) is 6.08 Å². The summed E-state index contributed by atoms with van der Waals surface area (Å²) in [5.41, 5.74) is 2.53. The van der Waals surface area contributed by atoms with Gasteiger partial charge in [-0.15, -0.1) is 0 Å². The van der Waals surface area contributed by atoms with Gasteiger partial charge in [0.15, 0.2) is 5.78 Å². The minimum Gasteiger partial charge on any atom is -0.507 e. The second-order valence-corrected chi connectivity index (χ2v) is 10.0. The van der Waals surface area contributed by atoms with Crippen LogP contribution in [0.4, 0.5) is 0 Å². The van der Waals surface area contributed by atoms with Gasteiger partial charge in [0.2, 0.25) is 0 Å². The Labute approximate surface area is 169 Å². The van der Waals surface area contributed by atoms with Crippen molar-refractivity contribution in [3.8, 4) is 5.75 Å². The summed E-state index contributed by atoms with van der Waals surface area (Å²) >= 11 is 0. The van der Waals surface area contributed by atoms with E-state index in [0.29, 0.717) is 17.7 Å². The monoisotopic (exact) mass is 410 g/mol. The van der Waals surface area contributed by atoms with Gasteiger partial charge in [0.1, 0.15) is 12.4 Å². The first-order chi connectivity index (χ1) is 12.8. The van der Waals surface area contributed by atoms with E-state index >= 15 is 0 Å². The number of hydrogen-bond donors (Lipinski definition) is 2. The zero-order valence-corrected chi connectivity index (χ0v) is 19.2. The first kappa shape index (κ1) is 24.6. The van der Waals surface area contributed by atoms with Gasteiger partial charge < -0.3 is 14.5 Å². The number of phenols is 1. The molecule has 6 heteroatoms. The standard InChI is InChI=1S/C22H35O5P/c1-8-9-10-16(19(23)14-27-28(25)26)11-15-12-17(21(2,3)4)20(24)18(13-15)22(5,6)7/h11-13,24,28H,8-10,14H2,1-7H3,(H,25,26). The van der Waals surface area contributed by atoms with E-state index in [1.54, 1.807) is 0 Å². The van der Waals surface area contributed by atoms with Gasteiger partial charge in [-0.2, -0.15) is 0 Å². The molecule has 0 aromatic heterocycles. The van der Waals surface area contributed by atoms with Crippen LogP contribution in [-0.4, -0.2) is 22.4 Å². The fourth-order valence-electron chi connectivity index (χ4n) is 2.96. The second kappa shape index (κ2) is 9.87. The van der Waals surface area contributed by atoms with Gasteiger partial charge in [-0.05, 0) is 53.0 Å². The van der Waals surface area contributed by atoms with E-state index in [0.717, 1.165) is 29.5 Å². The maximum absolute atomic E-state index is 12.5. The topological polar surface area (TPSA) is 83.8 Å². The summed E-state index contributed by atoms with van der Waals surface area (Å²) in [6.45, 7) is 13.9. The van der Waals surface area contributed by atoms with Crippen LogP contribution < -0.4 is 0 Å². The smallest absolute Gasteiger partial charge is 0.317 e. The third-order valence-corrected chi connectivity index (χ3v) is 4.97. The van der Waals surface area contributed by atoms with Crippen molar-refractivity contribution in [2.45, 2.75) is 78.6 Å². The van der Waals surface area contributed by atoms with Gasteiger partial charge in [-0.1, -0.05) is 54.9 Å². The molecule has 0 aliphatic rings. The predicted molar refractivity (Wildman–Crippen MR) is 115 cm³/mol. The van der Waals surface area contributed by atoms with E-state index in [4.69, 9.17) is 4.89 Å². The highest BCUT2D eigenvalue weighted by molar-refractivity contribution is 7.32. The lowest BCUT2D eigenvalue weighted by atomic mass is 9.78. The third kappa shape index (κ3) is 7.20. The Morgan fingerprint density at radius 2 is 1.61 bits per heavy atom. The molecule has 1 unspecified atom stereocenters. The third-order valence-electron chi connectivity index (χ3n) is 4.57. The summed E-state index contributed by atoms with van der Waals surface area (Å²) in [6, 6.07) is 3.83. The van der Waals surface area contributed by atoms with E-state index in [9.17, 15) is 14.5 Å². The zero-order valence-electron chi connectivity index (χ0n) is 18.2. The van der Waals surface area contributed by atoms with Crippen molar-refractivity contribution in [1.82, 2.24) is 0 Å². The predicted octanol–water partition coefficient (Wildman–Crippen LogP) is 5.53. The molecule has 0 fully saturated rings. The maximum Gasteiger partial charge on any atom is 0.317 e. The first-order valence-corrected chi connectivity index (χ1v) is 11.0. The highest BCUT2D eigenvalue weighted by atomic mass is 31.1. The van der Waals surface area contributed by atoms with Crippen LogP contribution in [-0.2, 0) is 24.7 Å². The molecule has 1 aromatic carbocycles. The number of aromatic hydroxyl groups is 1. The molecule has 0 aliphatic carbocycles. The van der Waals surface area contributed by atoms with E-state index in [1.165, 1.54) is 0 Å². The summed E-state index contributed by atoms with van der Waals surface area (Å²) in [4.78, 5) is 21.4. The van der Waals surface area contributed by atoms with Crippen molar-refractivity contribution in [3.05, 3.63) is 34.4 Å². The molecular weight excluding hydrogens is 375 g/mol. The van der Waals surface area contributed by atoms with Gasteiger partial charge in [-0.25, -0.2) is 0 Å². The van der Waals surface area contributed by atoms with Crippen LogP contribution >= 0.6 is 8.25 Å². The summed E-state index contributed by atoms with van der Waals surface area (Å²) in [7, 11) is -3.14. The summed E-state index contributed by atoms with van der Waals surface area (Å²) < 4.78 is 15.5. The molecule has 0 bridgehead atoms. The molecule has 158 valence electrons. The van der Waals surface area contributed by atoms with Gasteiger partial charge in [-0.3, -0.25) is 9.36 Å². The molecule has 0 spiro atoms. The van der Waals surface area contributed by atoms with Crippen molar-refractivity contribution >= 4 is 20.1 Å². The normalized spacial score (nSPS) is 14.2. The van der Waals surface area contributed by atoms with Crippen molar-refractivity contribution in [3.63, 3.8) is 0 Å². The minimum absolute atomic E-state index is 0.262. The molecular formula is C22H35O5P. The molecule has 0 saturated heterocycles. The first-order valence-electron chi connectivity index (χ1n) is 9.74. The average Bonchev–Trinajstić information content (AvgIpc) is 2.55. The van der Waals surface area contributed by atoms with Crippen LogP contribution in [0.15, 0.2) is 17.7 Å². The fraction of sp³-hybridized carbons (Fsp3) is 0.591. The molecule has 1 rings (SSSR count). The number of unbranched alkanes of at least 4 members (excludes halogenated alkanes) is 1. The van der Waals surface area contributed by atoms with E-state index in [-0.39, 0.29) is 16.6 Å². The Morgan fingerprint density at radius 1 is 1.11 bits per heavy atom. The van der Waals surface area contributed by atoms with Crippen LogP contribution in [0.5, 0.6) is 5.75 Å². The lowest BCUT2D eigenvalue weighted by molar-refractivity contribution is -0.117. The molecule has 1 atom stereocenters. The van der Waals surface area contributed by atoms with Crippen molar-refractivity contribution in [2.75, 3.05) is 6.61 Å². The number of rotatable bonds is 8. The van der Waals surface area contributed by atoms with Crippen LogP contribution in [0.3, 0.4) is 0 Å². The van der Waals surface area contributed by atoms with Gasteiger partial charge in [0.05, 0.1) is 0 Å². The Morgan fingerprint density at radius 3 is 2.00 bits per heavy atom. The number of phenolic OH excluding ortho intramolecular Hbond substituents is 1. The fourth-order valence-corrected chi connectivity index (χ4v) is 3.22. The SMILES string of the molecule is CCCCC(=Cc1cc(C(C)(C)C)c(O)c(C(C)(C)C)c1)C(=O)CO[PH](=O)O. The minimum atomic E-state index is -3.14. The average molecular weight is 410 g/mol. The van der Waals surface area contributed by atoms with Crippen LogP contribution in [0, 0.1) is 0 Å². The number of hydrogen-bond acceptors (Lipinski definition) is 4. The lowest BCUT2D eigenvalue weighted by Gasteiger charge is -2.28. The molecule has 0 heterocycles. The highest BCUT2D eigenvalue weighted by Gasteiger charge is 2.26. The second-order valence-electron chi connectivity index (χ2n) is 9.22. The van der Waals surface area contributed by atoms with E-state index in [1.807, 2.05) is 66.7 Å². The summed E-state index contributed by atoms with van der Waals surface area (Å²) in [5.74, 6) is 0.00402. The summed E-state index contributed by atoms with van der Waals surface area (Å²) in [5, 5.41) is 10.8. The van der Waals surface area contributed by atoms with Gasteiger partial charge in [0, 0.05) is 11.1 Å².